The zero-order valence-corrected chi connectivity index (χ0v) is 36.4. The maximum Gasteiger partial charge on any atom is 0.336 e. The minimum atomic E-state index is -1.95. The number of hydrogen-bond acceptors (Lipinski definition) is 15. The summed E-state index contributed by atoms with van der Waals surface area (Å²) in [5.74, 6) is 0. The van der Waals surface area contributed by atoms with E-state index in [0.717, 1.165) is 9.80 Å². The van der Waals surface area contributed by atoms with Crippen LogP contribution < -0.4 is 51.2 Å². The van der Waals surface area contributed by atoms with Gasteiger partial charge in [-0.05, 0) is 0 Å². The van der Waals surface area contributed by atoms with Crippen molar-refractivity contribution in [3.63, 3.8) is 0 Å². The normalized spacial score (nSPS) is 14.5. The second-order valence-electron chi connectivity index (χ2n) is 14.8. The van der Waals surface area contributed by atoms with Crippen LogP contribution in [0.25, 0.3) is 0 Å². The molecule has 0 spiro atoms. The number of aliphatic hydroxyl groups is 3. The largest absolute Gasteiger partial charge is 0.389 e. The van der Waals surface area contributed by atoms with Gasteiger partial charge in [0.15, 0.2) is 0 Å². The summed E-state index contributed by atoms with van der Waals surface area (Å²) in [6.07, 6.45) is 1.77. The van der Waals surface area contributed by atoms with Gasteiger partial charge in [0.25, 0.3) is 0 Å². The van der Waals surface area contributed by atoms with Crippen LogP contribution in [0.5, 0.6) is 0 Å². The molecule has 1 saturated heterocycles. The van der Waals surface area contributed by atoms with Crippen molar-refractivity contribution < 1.29 is 29.6 Å². The van der Waals surface area contributed by atoms with Gasteiger partial charge in [0.05, 0.1) is 96.8 Å². The number of aliphatic hydroxyl groups excluding tert-OH is 3. The maximum atomic E-state index is 14.3. The Hall–Kier alpha value is -7.75. The van der Waals surface area contributed by atoms with Crippen molar-refractivity contribution in [2.24, 2.45) is 0 Å². The van der Waals surface area contributed by atoms with E-state index >= 15 is 0 Å². The van der Waals surface area contributed by atoms with Gasteiger partial charge in [0.2, 0.25) is 0 Å². The first-order valence-corrected chi connectivity index (χ1v) is 20.3. The Labute approximate surface area is 377 Å². The number of nitrogens with zero attached hydrogens (tertiary/aromatic N) is 12. The lowest BCUT2D eigenvalue weighted by atomic mass is 10.3. The molecule has 0 saturated carbocycles. The summed E-state index contributed by atoms with van der Waals surface area (Å²) in [4.78, 5) is 149. The third kappa shape index (κ3) is 11.2. The lowest BCUT2D eigenvalue weighted by Gasteiger charge is -2.38. The summed E-state index contributed by atoms with van der Waals surface area (Å²) >= 11 is 0. The molecule has 3 N–H and O–H groups in total. The van der Waals surface area contributed by atoms with E-state index in [1.807, 2.05) is 0 Å². The average Bonchev–Trinajstić information content (AvgIpc) is 3.29. The zero-order chi connectivity index (χ0) is 49.9. The highest BCUT2D eigenvalue weighted by Crippen LogP contribution is 2.13. The molecule has 3 unspecified atom stereocenters. The first-order chi connectivity index (χ1) is 31.8. The Bertz CT molecular complexity index is 2710. The van der Waals surface area contributed by atoms with E-state index in [-0.39, 0.29) is 39.3 Å². The number of amides is 4. The van der Waals surface area contributed by atoms with E-state index in [1.54, 1.807) is 0 Å². The number of aromatic nitrogens is 9. The quantitative estimate of drug-likeness (QED) is 0.0708. The number of ether oxygens (including phenoxy) is 1. The van der Waals surface area contributed by atoms with Gasteiger partial charge in [-0.3, -0.25) is 9.80 Å². The Morgan fingerprint density at radius 3 is 0.791 bits per heavy atom. The standard InChI is InChI=1S/C40H52N12O15/c1-7-13-43-32(58)44(14-8-2)36(62)50(35(43)61)21-27(53)19-41-25-67-26-42(20-28(54)22-51-37(63)45(15-9-3)33(59)46(16-10-4)38(51)64)31(57)49(30(41)56)23-29(55)24-52-39(65)47(17-11-5)34(60)48(18-12-6)40(52)66/h7-12,27-29,53-55H,1-6,13-26H2. The van der Waals surface area contributed by atoms with E-state index < -0.39 is 134 Å². The summed E-state index contributed by atoms with van der Waals surface area (Å²) < 4.78 is 11.1. The Balaban J connectivity index is 1.75. The second-order valence-corrected chi connectivity index (χ2v) is 14.8. The molecule has 362 valence electrons. The summed E-state index contributed by atoms with van der Waals surface area (Å²) in [7, 11) is 0. The molecular weight excluding hydrogens is 889 g/mol. The highest BCUT2D eigenvalue weighted by Gasteiger charge is 2.36. The lowest BCUT2D eigenvalue weighted by Crippen LogP contribution is -2.60. The molecular formula is C40H52N12O15. The van der Waals surface area contributed by atoms with Crippen LogP contribution in [0.4, 0.5) is 9.59 Å². The lowest BCUT2D eigenvalue weighted by molar-refractivity contribution is -0.0493. The third-order valence-corrected chi connectivity index (χ3v) is 9.96. The number of imide groups is 1. The summed E-state index contributed by atoms with van der Waals surface area (Å²) in [5.41, 5.74) is -9.82. The van der Waals surface area contributed by atoms with Crippen LogP contribution in [-0.2, 0) is 63.6 Å². The van der Waals surface area contributed by atoms with Gasteiger partial charge < -0.3 is 20.1 Å². The molecule has 0 aliphatic carbocycles. The topological polar surface area (TPSA) is 312 Å². The SMILES string of the molecule is C=CCn1c(=O)n(CC=C)c(=O)n(CC(O)CN2COCN(CC(O)Cn3c(=O)n(CC=C)c(=O)n(CC=C)c3=O)C(=O)N(CC(O)Cn3c(=O)n(CC=C)c(=O)n(CC=C)c3=O)C2=O)c1=O. The van der Waals surface area contributed by atoms with Gasteiger partial charge in [-0.1, -0.05) is 36.5 Å². The highest BCUT2D eigenvalue weighted by atomic mass is 16.5. The van der Waals surface area contributed by atoms with Gasteiger partial charge in [0, 0.05) is 0 Å². The van der Waals surface area contributed by atoms with E-state index in [9.17, 15) is 68.1 Å². The molecule has 27 heteroatoms. The highest BCUT2D eigenvalue weighted by molar-refractivity contribution is 5.93. The fourth-order valence-electron chi connectivity index (χ4n) is 6.97. The van der Waals surface area contributed by atoms with Crippen molar-refractivity contribution >= 4 is 12.1 Å². The number of β-amino-alcohol motifs (C(OH)–C–C–N with tert-alkyl or cyclic N) is 3. The van der Waals surface area contributed by atoms with Crippen LogP contribution in [-0.4, -0.2) is 135 Å². The number of carbonyl (C=O) groups is 2. The fraction of sp³-hybridized carbons (Fsp3) is 0.425. The van der Waals surface area contributed by atoms with Gasteiger partial charge in [-0.2, -0.15) is 0 Å². The number of rotatable bonds is 24. The number of urea groups is 2. The molecule has 1 fully saturated rings. The first-order valence-electron chi connectivity index (χ1n) is 20.3. The zero-order valence-electron chi connectivity index (χ0n) is 36.4. The van der Waals surface area contributed by atoms with E-state index in [2.05, 4.69) is 39.5 Å². The van der Waals surface area contributed by atoms with Crippen molar-refractivity contribution in [1.29, 1.82) is 0 Å². The van der Waals surface area contributed by atoms with Crippen LogP contribution in [0.1, 0.15) is 0 Å². The Morgan fingerprint density at radius 1 is 0.358 bits per heavy atom. The predicted octanol–water partition coefficient (Wildman–Crippen LogP) is -5.17. The van der Waals surface area contributed by atoms with Crippen LogP contribution >= 0.6 is 0 Å². The van der Waals surface area contributed by atoms with Gasteiger partial charge in [-0.15, -0.1) is 39.5 Å². The predicted molar refractivity (Wildman–Crippen MR) is 239 cm³/mol. The summed E-state index contributed by atoms with van der Waals surface area (Å²) in [5, 5.41) is 33.9. The minimum absolute atomic E-state index is 0.316. The van der Waals surface area contributed by atoms with Crippen molar-refractivity contribution in [2.75, 3.05) is 33.1 Å². The van der Waals surface area contributed by atoms with Crippen molar-refractivity contribution in [3.8, 4) is 0 Å². The molecule has 0 radical (unpaired) electrons. The van der Waals surface area contributed by atoms with Crippen molar-refractivity contribution in [1.82, 2.24) is 55.8 Å². The smallest absolute Gasteiger partial charge is 0.336 e. The molecule has 3 aromatic heterocycles. The minimum Gasteiger partial charge on any atom is -0.389 e. The van der Waals surface area contributed by atoms with Crippen LogP contribution in [0.3, 0.4) is 0 Å². The first kappa shape index (κ1) is 51.9. The van der Waals surface area contributed by atoms with Gasteiger partial charge in [0.1, 0.15) is 13.5 Å². The molecule has 4 rings (SSSR count). The molecule has 0 bridgehead atoms. The number of allylic oxidation sites excluding steroid dienone is 6. The molecule has 4 heterocycles. The van der Waals surface area contributed by atoms with Crippen LogP contribution in [0, 0.1) is 0 Å². The molecule has 4 amide bonds. The maximum absolute atomic E-state index is 14.3. The summed E-state index contributed by atoms with van der Waals surface area (Å²) in [6.45, 7) is 12.5. The van der Waals surface area contributed by atoms with Crippen LogP contribution in [0.2, 0.25) is 0 Å². The molecule has 1 aliphatic rings. The molecule has 27 nitrogen and oxygen atoms in total. The molecule has 1 aliphatic heterocycles. The van der Waals surface area contributed by atoms with E-state index in [0.29, 0.717) is 46.0 Å². The molecule has 67 heavy (non-hydrogen) atoms. The van der Waals surface area contributed by atoms with E-state index in [4.69, 9.17) is 4.74 Å². The third-order valence-electron chi connectivity index (χ3n) is 9.96. The Kier molecular flexibility index (Phi) is 17.8. The molecule has 3 atom stereocenters. The van der Waals surface area contributed by atoms with Crippen molar-refractivity contribution in [3.05, 3.63) is 170 Å². The van der Waals surface area contributed by atoms with Gasteiger partial charge in [-0.25, -0.2) is 98.7 Å². The summed E-state index contributed by atoms with van der Waals surface area (Å²) in [6, 6.07) is -2.60. The number of carbonyl (C=O) groups excluding carboxylic acids is 2. The van der Waals surface area contributed by atoms with Gasteiger partial charge >= 0.3 is 63.3 Å². The van der Waals surface area contributed by atoms with E-state index in [1.165, 1.54) is 36.5 Å². The average molecular weight is 941 g/mol. The monoisotopic (exact) mass is 940 g/mol. The Morgan fingerprint density at radius 2 is 0.567 bits per heavy atom. The molecule has 3 aromatic rings. The van der Waals surface area contributed by atoms with Crippen LogP contribution in [0.15, 0.2) is 119 Å². The molecule has 0 aromatic carbocycles. The fourth-order valence-corrected chi connectivity index (χ4v) is 6.97. The van der Waals surface area contributed by atoms with Crippen molar-refractivity contribution in [2.45, 2.75) is 77.2 Å². The number of hydrogen-bond donors (Lipinski definition) is 3. The second kappa shape index (κ2) is 22.9.